The Kier molecular flexibility index (Phi) is 7.08. The van der Waals surface area contributed by atoms with Crippen LogP contribution in [0.25, 0.3) is 0 Å². The van der Waals surface area contributed by atoms with E-state index >= 15 is 0 Å². The van der Waals surface area contributed by atoms with Gasteiger partial charge in [0.2, 0.25) is 5.82 Å². The van der Waals surface area contributed by atoms with Gasteiger partial charge in [-0.3, -0.25) is 9.59 Å². The summed E-state index contributed by atoms with van der Waals surface area (Å²) in [6.45, 7) is -2.08. The van der Waals surface area contributed by atoms with Crippen molar-refractivity contribution in [3.8, 4) is 5.75 Å². The third-order valence-electron chi connectivity index (χ3n) is 5.97. The van der Waals surface area contributed by atoms with E-state index < -0.39 is 76.8 Å². The quantitative estimate of drug-likeness (QED) is 0.459. The molecule has 196 valence electrons. The topological polar surface area (TPSA) is 116 Å². The molecule has 0 spiro atoms. The molecule has 1 saturated heterocycles. The second kappa shape index (κ2) is 9.44. The number of hydrogen-bond donors (Lipinski definition) is 2. The molecule has 2 heterocycles. The minimum atomic E-state index is -5.09. The Hall–Kier alpha value is -3.62. The van der Waals surface area contributed by atoms with Crippen LogP contribution >= 0.6 is 0 Å². The third kappa shape index (κ3) is 4.74. The van der Waals surface area contributed by atoms with Crippen LogP contribution in [-0.2, 0) is 9.53 Å². The normalized spacial score (nSPS) is 24.8. The smallest absolute Gasteiger partial charge is 0.417 e. The molecule has 3 N–H and O–H groups in total. The lowest BCUT2D eigenvalue weighted by molar-refractivity contribution is -0.272. The van der Waals surface area contributed by atoms with Crippen molar-refractivity contribution < 1.29 is 55.0 Å². The number of carbonyl (C=O) groups excluding carboxylic acids is 2. The summed E-state index contributed by atoms with van der Waals surface area (Å²) in [5, 5.41) is 9.25. The van der Waals surface area contributed by atoms with Gasteiger partial charge < -0.3 is 20.4 Å². The maximum absolute atomic E-state index is 14.4. The van der Waals surface area contributed by atoms with E-state index in [0.717, 1.165) is 25.3 Å². The van der Waals surface area contributed by atoms with Gasteiger partial charge in [-0.15, -0.1) is 0 Å². The summed E-state index contributed by atoms with van der Waals surface area (Å²) in [5.41, 5.74) is 0.832. The zero-order chi connectivity index (χ0) is 27.2. The molecule has 2 aromatic rings. The molecule has 15 heteroatoms. The van der Waals surface area contributed by atoms with Gasteiger partial charge in [0.05, 0.1) is 5.36 Å². The Labute approximate surface area is 197 Å². The number of ether oxygens (including phenoxy) is 2. The largest absolute Gasteiger partial charge is 0.431 e. The maximum atomic E-state index is 14.4. The van der Waals surface area contributed by atoms with E-state index in [-0.39, 0.29) is 5.36 Å². The minimum Gasteiger partial charge on any atom is -0.431 e. The molecule has 36 heavy (non-hydrogen) atoms. The Morgan fingerprint density at radius 2 is 1.89 bits per heavy atom. The number of primary amides is 1. The highest BCUT2D eigenvalue weighted by atomic mass is 19.4. The fraction of sp³-hybridized carbons (Fsp3) is 0.381. The molecule has 0 radical (unpaired) electrons. The first-order valence-electron chi connectivity index (χ1n) is 10.1. The van der Waals surface area contributed by atoms with E-state index in [1.165, 1.54) is 0 Å². The van der Waals surface area contributed by atoms with Crippen molar-refractivity contribution in [1.82, 2.24) is 4.73 Å². The summed E-state index contributed by atoms with van der Waals surface area (Å²) in [7, 11) is 0. The van der Waals surface area contributed by atoms with Crippen molar-refractivity contribution in [3.05, 3.63) is 58.7 Å². The molecule has 0 saturated carbocycles. The van der Waals surface area contributed by atoms with Gasteiger partial charge in [-0.2, -0.15) is 31.1 Å². The van der Waals surface area contributed by atoms with Crippen molar-refractivity contribution in [1.29, 1.82) is 0 Å². The Bertz CT molecular complexity index is 1260. The van der Waals surface area contributed by atoms with Crippen molar-refractivity contribution in [2.24, 2.45) is 16.6 Å². The van der Waals surface area contributed by atoms with Crippen LogP contribution in [0.5, 0.6) is 5.75 Å². The fourth-order valence-corrected chi connectivity index (χ4v) is 3.95. The van der Waals surface area contributed by atoms with Crippen LogP contribution in [0.2, 0.25) is 0 Å². The standard InChI is InChI=1S/C21H18F7N3O5/c1-8-13(10-3-4-11(22)14(23)15(10)35-19(24)25)16(36-20(8,2)21(26,27)28)18(33)30-9-5-6-31(34)12(7-9)17(29)32/h3-8,13,16,19,34H,1-2H3,(H2,29,32)/t8-,13+,16-,20+/m0/s1. The SMILES string of the molecule is C[C@H]1[C@H](c2ccc(F)c(F)c2OC(F)F)[C@@H](C(=O)N=c2ccn(O)c(C(N)=O)c2)O[C@@]1(C)C(F)(F)F. The average molecular weight is 525 g/mol. The number of nitrogens with zero attached hydrogens (tertiary/aromatic N) is 2. The first-order valence-corrected chi connectivity index (χ1v) is 10.1. The average Bonchev–Trinajstić information content (AvgIpc) is 3.04. The highest BCUT2D eigenvalue weighted by molar-refractivity contribution is 5.91. The highest BCUT2D eigenvalue weighted by Crippen LogP contribution is 2.55. The summed E-state index contributed by atoms with van der Waals surface area (Å²) in [6.07, 6.45) is -6.35. The van der Waals surface area contributed by atoms with Crippen molar-refractivity contribution in [2.75, 3.05) is 0 Å². The Balaban J connectivity index is 2.20. The van der Waals surface area contributed by atoms with Crippen molar-refractivity contribution in [2.45, 2.75) is 44.3 Å². The van der Waals surface area contributed by atoms with E-state index in [4.69, 9.17) is 10.5 Å². The second-order valence-corrected chi connectivity index (χ2v) is 8.04. The lowest BCUT2D eigenvalue weighted by Crippen LogP contribution is -2.47. The first-order chi connectivity index (χ1) is 16.6. The summed E-state index contributed by atoms with van der Waals surface area (Å²) in [5.74, 6) is -10.9. The molecule has 1 aromatic heterocycles. The number of aromatic nitrogens is 1. The molecule has 0 bridgehead atoms. The molecule has 4 atom stereocenters. The molecule has 1 aliphatic rings. The predicted octanol–water partition coefficient (Wildman–Crippen LogP) is 3.27. The van der Waals surface area contributed by atoms with Gasteiger partial charge in [-0.05, 0) is 25.1 Å². The van der Waals surface area contributed by atoms with E-state index in [0.29, 0.717) is 23.8 Å². The molecule has 3 rings (SSSR count). The molecule has 8 nitrogen and oxygen atoms in total. The van der Waals surface area contributed by atoms with Crippen LogP contribution in [0.4, 0.5) is 30.7 Å². The number of carbonyl (C=O) groups is 2. The summed E-state index contributed by atoms with van der Waals surface area (Å²) in [6, 6.07) is 3.04. The second-order valence-electron chi connectivity index (χ2n) is 8.04. The van der Waals surface area contributed by atoms with E-state index in [1.54, 1.807) is 0 Å². The van der Waals surface area contributed by atoms with Crippen LogP contribution in [-0.4, -0.2) is 46.2 Å². The van der Waals surface area contributed by atoms with Gasteiger partial charge in [-0.1, -0.05) is 13.0 Å². The van der Waals surface area contributed by atoms with Gasteiger partial charge in [0.15, 0.2) is 17.2 Å². The van der Waals surface area contributed by atoms with Gasteiger partial charge in [-0.25, -0.2) is 9.38 Å². The van der Waals surface area contributed by atoms with Crippen LogP contribution in [0.1, 0.15) is 35.8 Å². The van der Waals surface area contributed by atoms with Crippen LogP contribution in [0.15, 0.2) is 35.5 Å². The van der Waals surface area contributed by atoms with Crippen LogP contribution in [0, 0.1) is 17.6 Å². The molecule has 1 aliphatic heterocycles. The van der Waals surface area contributed by atoms with Crippen LogP contribution in [0.3, 0.4) is 0 Å². The van der Waals surface area contributed by atoms with Crippen molar-refractivity contribution >= 4 is 11.8 Å². The molecule has 1 aromatic carbocycles. The van der Waals surface area contributed by atoms with Gasteiger partial charge in [0.25, 0.3) is 11.8 Å². The molecule has 0 unspecified atom stereocenters. The number of benzene rings is 1. The zero-order valence-electron chi connectivity index (χ0n) is 18.4. The number of nitrogens with two attached hydrogens (primary N) is 1. The molecular formula is C21H18F7N3O5. The minimum absolute atomic E-state index is 0.304. The number of alkyl halides is 5. The number of halogens is 7. The molecule has 0 aliphatic carbocycles. The summed E-state index contributed by atoms with van der Waals surface area (Å²) in [4.78, 5) is 28.0. The molecule has 1 fully saturated rings. The summed E-state index contributed by atoms with van der Waals surface area (Å²) >= 11 is 0. The Morgan fingerprint density at radius 3 is 2.44 bits per heavy atom. The fourth-order valence-electron chi connectivity index (χ4n) is 3.95. The summed E-state index contributed by atoms with van der Waals surface area (Å²) < 4.78 is 105. The van der Waals surface area contributed by atoms with Gasteiger partial charge in [0.1, 0.15) is 11.8 Å². The highest BCUT2D eigenvalue weighted by Gasteiger charge is 2.66. The van der Waals surface area contributed by atoms with E-state index in [9.17, 15) is 45.5 Å². The van der Waals surface area contributed by atoms with Crippen LogP contribution < -0.4 is 15.8 Å². The number of amides is 2. The van der Waals surface area contributed by atoms with Gasteiger partial charge in [0, 0.05) is 23.6 Å². The van der Waals surface area contributed by atoms with Gasteiger partial charge >= 0.3 is 12.8 Å². The molecule has 2 amide bonds. The van der Waals surface area contributed by atoms with E-state index in [2.05, 4.69) is 9.73 Å². The molecular weight excluding hydrogens is 507 g/mol. The Morgan fingerprint density at radius 1 is 1.25 bits per heavy atom. The number of hydrogen-bond acceptors (Lipinski definition) is 5. The zero-order valence-corrected chi connectivity index (χ0v) is 18.4. The first kappa shape index (κ1) is 27.0. The monoisotopic (exact) mass is 525 g/mol. The number of pyridine rings is 1. The third-order valence-corrected chi connectivity index (χ3v) is 5.97. The maximum Gasteiger partial charge on any atom is 0.417 e. The van der Waals surface area contributed by atoms with Crippen molar-refractivity contribution in [3.63, 3.8) is 0 Å². The lowest BCUT2D eigenvalue weighted by atomic mass is 9.77. The lowest BCUT2D eigenvalue weighted by Gasteiger charge is -2.32. The number of rotatable bonds is 5. The van der Waals surface area contributed by atoms with E-state index in [1.807, 2.05) is 0 Å². The predicted molar refractivity (Wildman–Crippen MR) is 105 cm³/mol.